The minimum Gasteiger partial charge on any atom is -0.298 e. The largest absolute Gasteiger partial charge is 0.298 e. The van der Waals surface area contributed by atoms with E-state index < -0.39 is 0 Å². The molecule has 0 aliphatic carbocycles. The van der Waals surface area contributed by atoms with Gasteiger partial charge >= 0.3 is 0 Å². The number of rotatable bonds is 4. The third-order valence-corrected chi connectivity index (χ3v) is 3.41. The van der Waals surface area contributed by atoms with Crippen molar-refractivity contribution >= 4 is 31.9 Å². The van der Waals surface area contributed by atoms with Crippen LogP contribution < -0.4 is 5.56 Å². The molecule has 0 N–H and O–H groups in total. The predicted octanol–water partition coefficient (Wildman–Crippen LogP) is 2.49. The number of unbranched alkanes of at least 4 members (excludes halogenated alkanes) is 1. The van der Waals surface area contributed by atoms with Crippen molar-refractivity contribution in [1.29, 1.82) is 0 Å². The summed E-state index contributed by atoms with van der Waals surface area (Å²) in [6.45, 7) is 2.55. The second-order valence-corrected chi connectivity index (χ2v) is 4.62. The average molecular weight is 324 g/mol. The van der Waals surface area contributed by atoms with Gasteiger partial charge in [0.05, 0.1) is 12.0 Å². The van der Waals surface area contributed by atoms with Gasteiger partial charge in [0.25, 0.3) is 5.56 Å². The molecule has 0 bridgehead atoms. The van der Waals surface area contributed by atoms with E-state index >= 15 is 0 Å². The van der Waals surface area contributed by atoms with Crippen LogP contribution in [0.25, 0.3) is 0 Å². The highest BCUT2D eigenvalue weighted by atomic mass is 79.9. The van der Waals surface area contributed by atoms with Gasteiger partial charge in [-0.1, -0.05) is 15.9 Å². The number of hydrogen-bond donors (Lipinski definition) is 0. The minimum absolute atomic E-state index is 0.00655. The van der Waals surface area contributed by atoms with Crippen LogP contribution in [0.1, 0.15) is 18.5 Å². The molecule has 0 atom stereocenters. The Labute approximate surface area is 99.8 Å². The minimum atomic E-state index is 0.00655. The average Bonchev–Trinajstić information content (AvgIpc) is 2.18. The molecule has 0 amide bonds. The number of hydrogen-bond acceptors (Lipinski definition) is 2. The lowest BCUT2D eigenvalue weighted by Crippen LogP contribution is -2.22. The molecule has 0 saturated heterocycles. The Morgan fingerprint density at radius 1 is 1.50 bits per heavy atom. The Bertz CT molecular complexity index is 362. The highest BCUT2D eigenvalue weighted by Gasteiger charge is 2.04. The molecular formula is C9H12Br2N2O. The summed E-state index contributed by atoms with van der Waals surface area (Å²) in [7, 11) is 0. The highest BCUT2D eigenvalue weighted by Crippen LogP contribution is 2.06. The van der Waals surface area contributed by atoms with Gasteiger partial charge in [-0.25, -0.2) is 4.98 Å². The topological polar surface area (TPSA) is 34.9 Å². The van der Waals surface area contributed by atoms with Gasteiger partial charge in [-0.3, -0.25) is 9.36 Å². The maximum absolute atomic E-state index is 11.6. The van der Waals surface area contributed by atoms with Crippen molar-refractivity contribution in [1.82, 2.24) is 9.55 Å². The number of nitrogens with zero attached hydrogens (tertiary/aromatic N) is 2. The fourth-order valence-electron chi connectivity index (χ4n) is 1.08. The molecule has 3 nitrogen and oxygen atoms in total. The quantitative estimate of drug-likeness (QED) is 0.630. The Morgan fingerprint density at radius 2 is 2.21 bits per heavy atom. The van der Waals surface area contributed by atoms with Crippen molar-refractivity contribution in [2.24, 2.45) is 0 Å². The van der Waals surface area contributed by atoms with Crippen LogP contribution in [-0.2, 0) is 6.54 Å². The molecule has 1 heterocycles. The molecule has 0 aliphatic heterocycles. The summed E-state index contributed by atoms with van der Waals surface area (Å²) < 4.78 is 2.21. The van der Waals surface area contributed by atoms with Crippen LogP contribution in [0.4, 0.5) is 0 Å². The molecule has 0 unspecified atom stereocenters. The maximum atomic E-state index is 11.6. The standard InChI is InChI=1S/C9H12Br2N2O/c1-7-8(11)9(14)13(6-12-7)5-3-2-4-10/h6H,2-5H2,1H3. The van der Waals surface area contributed by atoms with Crippen LogP contribution in [0.5, 0.6) is 0 Å². The van der Waals surface area contributed by atoms with Crippen LogP contribution in [0, 0.1) is 6.92 Å². The van der Waals surface area contributed by atoms with Gasteiger partial charge in [-0.2, -0.15) is 0 Å². The van der Waals surface area contributed by atoms with Gasteiger partial charge in [0, 0.05) is 11.9 Å². The van der Waals surface area contributed by atoms with E-state index in [2.05, 4.69) is 36.8 Å². The molecule has 78 valence electrons. The monoisotopic (exact) mass is 322 g/mol. The lowest BCUT2D eigenvalue weighted by molar-refractivity contribution is 0.601. The van der Waals surface area contributed by atoms with E-state index in [-0.39, 0.29) is 5.56 Å². The molecule has 0 aromatic carbocycles. The van der Waals surface area contributed by atoms with E-state index in [9.17, 15) is 4.79 Å². The van der Waals surface area contributed by atoms with Gasteiger partial charge in [0.1, 0.15) is 4.47 Å². The number of alkyl halides is 1. The zero-order valence-corrected chi connectivity index (χ0v) is 11.1. The van der Waals surface area contributed by atoms with Crippen molar-refractivity contribution in [3.63, 3.8) is 0 Å². The SMILES string of the molecule is Cc1ncn(CCCCBr)c(=O)c1Br. The van der Waals surface area contributed by atoms with E-state index in [0.717, 1.165) is 30.4 Å². The first kappa shape index (κ1) is 11.9. The predicted molar refractivity (Wildman–Crippen MR) is 64.0 cm³/mol. The second kappa shape index (κ2) is 5.66. The molecule has 1 rings (SSSR count). The Hall–Kier alpha value is -0.160. The van der Waals surface area contributed by atoms with Crippen LogP contribution in [0.15, 0.2) is 15.6 Å². The van der Waals surface area contributed by atoms with Gasteiger partial charge in [0.15, 0.2) is 0 Å². The van der Waals surface area contributed by atoms with E-state index in [1.165, 1.54) is 0 Å². The first-order chi connectivity index (χ1) is 6.66. The zero-order chi connectivity index (χ0) is 10.6. The highest BCUT2D eigenvalue weighted by molar-refractivity contribution is 9.10. The van der Waals surface area contributed by atoms with Crippen molar-refractivity contribution in [3.8, 4) is 0 Å². The van der Waals surface area contributed by atoms with Gasteiger partial charge in [-0.15, -0.1) is 0 Å². The Balaban J connectivity index is 2.79. The maximum Gasteiger partial charge on any atom is 0.267 e. The summed E-state index contributed by atoms with van der Waals surface area (Å²) >= 11 is 6.59. The lowest BCUT2D eigenvalue weighted by atomic mass is 10.3. The van der Waals surface area contributed by atoms with Crippen molar-refractivity contribution in [2.75, 3.05) is 5.33 Å². The third kappa shape index (κ3) is 2.92. The first-order valence-electron chi connectivity index (χ1n) is 4.44. The molecule has 0 fully saturated rings. The summed E-state index contributed by atoms with van der Waals surface area (Å²) in [6, 6.07) is 0. The van der Waals surface area contributed by atoms with E-state index in [0.29, 0.717) is 4.47 Å². The smallest absolute Gasteiger partial charge is 0.267 e. The molecule has 1 aromatic rings. The van der Waals surface area contributed by atoms with Crippen LogP contribution in [0.2, 0.25) is 0 Å². The second-order valence-electron chi connectivity index (χ2n) is 3.04. The molecule has 0 saturated carbocycles. The summed E-state index contributed by atoms with van der Waals surface area (Å²) in [4.78, 5) is 15.8. The van der Waals surface area contributed by atoms with Crippen LogP contribution in [-0.4, -0.2) is 14.9 Å². The van der Waals surface area contributed by atoms with Crippen LogP contribution >= 0.6 is 31.9 Å². The van der Waals surface area contributed by atoms with Gasteiger partial charge in [0.2, 0.25) is 0 Å². The Morgan fingerprint density at radius 3 is 2.86 bits per heavy atom. The van der Waals surface area contributed by atoms with E-state index in [1.54, 1.807) is 10.9 Å². The number of aromatic nitrogens is 2. The normalized spacial score (nSPS) is 10.5. The fraction of sp³-hybridized carbons (Fsp3) is 0.556. The lowest BCUT2D eigenvalue weighted by Gasteiger charge is -2.05. The van der Waals surface area contributed by atoms with Crippen molar-refractivity contribution in [2.45, 2.75) is 26.3 Å². The van der Waals surface area contributed by atoms with Crippen LogP contribution in [0.3, 0.4) is 0 Å². The molecule has 0 aliphatic rings. The summed E-state index contributed by atoms with van der Waals surface area (Å²) in [5.41, 5.74) is 0.749. The molecule has 0 spiro atoms. The van der Waals surface area contributed by atoms with Crippen molar-refractivity contribution in [3.05, 3.63) is 26.8 Å². The van der Waals surface area contributed by atoms with E-state index in [1.807, 2.05) is 6.92 Å². The van der Waals surface area contributed by atoms with Crippen molar-refractivity contribution < 1.29 is 0 Å². The molecular weight excluding hydrogens is 312 g/mol. The summed E-state index contributed by atoms with van der Waals surface area (Å²) in [5.74, 6) is 0. The summed E-state index contributed by atoms with van der Waals surface area (Å²) in [6.07, 6.45) is 3.66. The molecule has 1 aromatic heterocycles. The number of halogens is 2. The summed E-state index contributed by atoms with van der Waals surface area (Å²) in [5, 5.41) is 0.974. The Kier molecular flexibility index (Phi) is 4.81. The first-order valence-corrected chi connectivity index (χ1v) is 6.35. The molecule has 0 radical (unpaired) electrons. The van der Waals surface area contributed by atoms with Gasteiger partial charge in [-0.05, 0) is 35.7 Å². The zero-order valence-electron chi connectivity index (χ0n) is 7.96. The molecule has 5 heteroatoms. The fourth-order valence-corrected chi connectivity index (χ4v) is 1.81. The third-order valence-electron chi connectivity index (χ3n) is 1.94. The molecule has 14 heavy (non-hydrogen) atoms. The van der Waals surface area contributed by atoms with Gasteiger partial charge < -0.3 is 0 Å². The number of aryl methyl sites for hydroxylation is 2. The van der Waals surface area contributed by atoms with E-state index in [4.69, 9.17) is 0 Å².